The zero-order valence-corrected chi connectivity index (χ0v) is 15.1. The number of aliphatic hydroxyl groups excluding tert-OH is 2. The zero-order valence-electron chi connectivity index (χ0n) is 15.1. The van der Waals surface area contributed by atoms with E-state index in [2.05, 4.69) is 0 Å². The molecule has 0 aromatic carbocycles. The van der Waals surface area contributed by atoms with Gasteiger partial charge in [-0.1, -0.05) is 6.42 Å². The number of aliphatic hydroxyl groups is 2. The number of ketones is 1. The second-order valence-corrected chi connectivity index (χ2v) is 7.51. The van der Waals surface area contributed by atoms with Crippen molar-refractivity contribution in [2.75, 3.05) is 27.3 Å². The molecule has 140 valence electrons. The second-order valence-electron chi connectivity index (χ2n) is 7.51. The minimum Gasteiger partial charge on any atom is -0.387 e. The van der Waals surface area contributed by atoms with Crippen molar-refractivity contribution in [2.45, 2.75) is 57.0 Å². The highest BCUT2D eigenvalue weighted by atomic mass is 16.7. The third kappa shape index (κ3) is 2.65. The van der Waals surface area contributed by atoms with Crippen LogP contribution in [0.5, 0.6) is 0 Å². The van der Waals surface area contributed by atoms with Crippen LogP contribution in [-0.2, 0) is 19.1 Å². The van der Waals surface area contributed by atoms with E-state index in [4.69, 9.17) is 9.47 Å². The Bertz CT molecular complexity index is 617. The van der Waals surface area contributed by atoms with Crippen LogP contribution >= 0.6 is 0 Å². The maximum Gasteiger partial charge on any atom is 0.250 e. The molecule has 7 nitrogen and oxygen atoms in total. The van der Waals surface area contributed by atoms with Crippen LogP contribution in [0.25, 0.3) is 0 Å². The molecule has 2 fully saturated rings. The van der Waals surface area contributed by atoms with Crippen LogP contribution in [0.3, 0.4) is 0 Å². The third-order valence-corrected chi connectivity index (χ3v) is 6.08. The van der Waals surface area contributed by atoms with Gasteiger partial charge in [0.15, 0.2) is 0 Å². The van der Waals surface area contributed by atoms with E-state index in [0.717, 1.165) is 0 Å². The Balaban J connectivity index is 2.19. The van der Waals surface area contributed by atoms with Crippen molar-refractivity contribution in [1.82, 2.24) is 4.90 Å². The Kier molecular flexibility index (Phi) is 4.79. The van der Waals surface area contributed by atoms with Crippen molar-refractivity contribution in [3.63, 3.8) is 0 Å². The van der Waals surface area contributed by atoms with Crippen molar-refractivity contribution in [3.05, 3.63) is 11.1 Å². The van der Waals surface area contributed by atoms with E-state index < -0.39 is 23.4 Å². The van der Waals surface area contributed by atoms with Crippen LogP contribution in [0.4, 0.5) is 0 Å². The average Bonchev–Trinajstić information content (AvgIpc) is 2.92. The lowest BCUT2D eigenvalue weighted by molar-refractivity contribution is -0.279. The maximum atomic E-state index is 12.9. The number of amides is 1. The summed E-state index contributed by atoms with van der Waals surface area (Å²) < 4.78 is 11.1. The molecule has 0 spiro atoms. The predicted octanol–water partition coefficient (Wildman–Crippen LogP) is 0.389. The number of carbonyl (C=O) groups excluding carboxylic acids is 2. The first-order valence-electron chi connectivity index (χ1n) is 8.85. The average molecular weight is 353 g/mol. The van der Waals surface area contributed by atoms with Gasteiger partial charge in [-0.05, 0) is 31.8 Å². The van der Waals surface area contributed by atoms with E-state index in [-0.39, 0.29) is 18.3 Å². The summed E-state index contributed by atoms with van der Waals surface area (Å²) in [6, 6.07) is 0. The molecule has 0 radical (unpaired) electrons. The molecule has 7 heteroatoms. The van der Waals surface area contributed by atoms with Gasteiger partial charge in [0, 0.05) is 32.7 Å². The molecular formula is C18H27NO6. The van der Waals surface area contributed by atoms with Gasteiger partial charge in [0.05, 0.1) is 12.0 Å². The Morgan fingerprint density at radius 2 is 2.00 bits per heavy atom. The fourth-order valence-corrected chi connectivity index (χ4v) is 4.30. The van der Waals surface area contributed by atoms with Crippen molar-refractivity contribution >= 4 is 11.7 Å². The van der Waals surface area contributed by atoms with Crippen LogP contribution in [0.15, 0.2) is 11.1 Å². The Morgan fingerprint density at radius 1 is 1.28 bits per heavy atom. The number of nitrogens with zero attached hydrogens (tertiary/aromatic N) is 1. The summed E-state index contributed by atoms with van der Waals surface area (Å²) >= 11 is 0. The lowest BCUT2D eigenvalue weighted by Gasteiger charge is -2.40. The van der Waals surface area contributed by atoms with E-state index in [1.54, 1.807) is 18.9 Å². The van der Waals surface area contributed by atoms with Crippen LogP contribution in [0.1, 0.15) is 39.0 Å². The molecule has 2 N–H and O–H groups in total. The summed E-state index contributed by atoms with van der Waals surface area (Å²) in [4.78, 5) is 27.4. The van der Waals surface area contributed by atoms with E-state index in [1.807, 2.05) is 0 Å². The van der Waals surface area contributed by atoms with E-state index in [9.17, 15) is 19.8 Å². The normalized spacial score (nSPS) is 43.0. The molecule has 2 aliphatic heterocycles. The molecule has 2 bridgehead atoms. The summed E-state index contributed by atoms with van der Waals surface area (Å²) in [6.07, 6.45) is 0.127. The first-order chi connectivity index (χ1) is 11.8. The quantitative estimate of drug-likeness (QED) is 0.708. The molecular weight excluding hydrogens is 326 g/mol. The second kappa shape index (κ2) is 6.46. The van der Waals surface area contributed by atoms with Crippen molar-refractivity contribution in [1.29, 1.82) is 0 Å². The fraction of sp³-hybridized carbons (Fsp3) is 0.778. The largest absolute Gasteiger partial charge is 0.387 e. The topological polar surface area (TPSA) is 96.3 Å². The van der Waals surface area contributed by atoms with E-state index in [0.29, 0.717) is 49.8 Å². The zero-order chi connectivity index (χ0) is 18.4. The number of likely N-dealkylation sites (tertiary alicyclic amines) is 1. The standard InChI is InChI=1S/C18H27NO6/c1-17-8-9-19(2)16(23)14(17)11-10-25-18(24-3,15(11)22)13(21)7-5-4-6-12(17)20/h13,15,21-22H,4-10H2,1-3H3/b14-11-/t13-,15-,17+,18-/m0/s1. The molecule has 3 aliphatic rings. The monoisotopic (exact) mass is 353 g/mol. The Hall–Kier alpha value is -1.28. The fourth-order valence-electron chi connectivity index (χ4n) is 4.30. The molecule has 25 heavy (non-hydrogen) atoms. The predicted molar refractivity (Wildman–Crippen MR) is 88.6 cm³/mol. The molecule has 2 saturated heterocycles. The van der Waals surface area contributed by atoms with Crippen molar-refractivity contribution < 1.29 is 29.3 Å². The molecule has 0 aromatic heterocycles. The Morgan fingerprint density at radius 3 is 2.68 bits per heavy atom. The molecule has 0 saturated carbocycles. The number of ether oxygens (including phenoxy) is 2. The summed E-state index contributed by atoms with van der Waals surface area (Å²) in [7, 11) is 3.06. The first kappa shape index (κ1) is 18.5. The SMILES string of the molecule is CO[C@]12OC/C(=C3\C(=O)N(C)CC[C@]3(C)C(=O)CCCC[C@@H]1O)[C@@H]2O. The third-order valence-electron chi connectivity index (χ3n) is 6.08. The number of methoxy groups -OCH3 is 1. The van der Waals surface area contributed by atoms with Gasteiger partial charge in [-0.15, -0.1) is 0 Å². The minimum atomic E-state index is -1.59. The number of Topliss-reactive ketones (excluding diaryl/α,β-unsaturated/α-hetero) is 1. The van der Waals surface area contributed by atoms with Gasteiger partial charge >= 0.3 is 0 Å². The summed E-state index contributed by atoms with van der Waals surface area (Å²) in [6.45, 7) is 2.24. The molecule has 0 aromatic rings. The molecule has 1 amide bonds. The number of rotatable bonds is 1. The highest BCUT2D eigenvalue weighted by Crippen LogP contribution is 2.46. The lowest BCUT2D eigenvalue weighted by Crippen LogP contribution is -2.53. The number of likely N-dealkylation sites (N-methyl/N-ethyl adjacent to an activating group) is 1. The van der Waals surface area contributed by atoms with Gasteiger partial charge in [0.25, 0.3) is 5.91 Å². The number of hydrogen-bond acceptors (Lipinski definition) is 6. The Labute approximate surface area is 147 Å². The summed E-state index contributed by atoms with van der Waals surface area (Å²) in [5.74, 6) is -1.84. The van der Waals surface area contributed by atoms with Crippen molar-refractivity contribution in [2.24, 2.45) is 5.41 Å². The number of piperidine rings is 1. The minimum absolute atomic E-state index is 0.00922. The van der Waals surface area contributed by atoms with Crippen molar-refractivity contribution in [3.8, 4) is 0 Å². The van der Waals surface area contributed by atoms with E-state index in [1.165, 1.54) is 7.11 Å². The highest BCUT2D eigenvalue weighted by molar-refractivity contribution is 6.04. The molecule has 2 heterocycles. The van der Waals surface area contributed by atoms with Crippen LogP contribution in [0, 0.1) is 5.41 Å². The number of carbonyl (C=O) groups is 2. The molecule has 4 atom stereocenters. The molecule has 3 rings (SSSR count). The summed E-state index contributed by atoms with van der Waals surface area (Å²) in [5.41, 5.74) is -0.274. The molecule has 0 unspecified atom stereocenters. The van der Waals surface area contributed by atoms with E-state index >= 15 is 0 Å². The van der Waals surface area contributed by atoms with Gasteiger partial charge in [-0.2, -0.15) is 0 Å². The molecule has 1 aliphatic carbocycles. The van der Waals surface area contributed by atoms with Gasteiger partial charge in [0.2, 0.25) is 5.79 Å². The van der Waals surface area contributed by atoms with Gasteiger partial charge in [-0.3, -0.25) is 9.59 Å². The first-order valence-corrected chi connectivity index (χ1v) is 8.85. The maximum absolute atomic E-state index is 12.9. The van der Waals surface area contributed by atoms with Gasteiger partial charge < -0.3 is 24.6 Å². The summed E-state index contributed by atoms with van der Waals surface area (Å²) in [5, 5.41) is 21.5. The lowest BCUT2D eigenvalue weighted by atomic mass is 9.69. The smallest absolute Gasteiger partial charge is 0.250 e. The number of hydrogen-bond donors (Lipinski definition) is 2. The van der Waals surface area contributed by atoms with Gasteiger partial charge in [0.1, 0.15) is 18.0 Å². The highest BCUT2D eigenvalue weighted by Gasteiger charge is 2.56. The van der Waals surface area contributed by atoms with Gasteiger partial charge in [-0.25, -0.2) is 0 Å². The van der Waals surface area contributed by atoms with Crippen LogP contribution < -0.4 is 0 Å². The van der Waals surface area contributed by atoms with Crippen LogP contribution in [-0.4, -0.2) is 72.1 Å². The van der Waals surface area contributed by atoms with Crippen LogP contribution in [0.2, 0.25) is 0 Å². The number of fused-ring (bicyclic) bond motifs is 3.